The Balaban J connectivity index is 1.84. The molecule has 1 saturated carbocycles. The number of nitrogens with zero attached hydrogens (tertiary/aromatic N) is 2. The minimum atomic E-state index is -0.147. The standard InChI is InChI=1S/C13H15N3O2/c14-5-1-6-15-12(17)9-16-7-4-11(8-16)13(18)10-2-3-10/h4,7-8,10H,1-3,6,9H2,(H,15,17). The van der Waals surface area contributed by atoms with E-state index >= 15 is 0 Å². The van der Waals surface area contributed by atoms with Gasteiger partial charge in [0.05, 0.1) is 12.5 Å². The quantitative estimate of drug-likeness (QED) is 0.602. The molecule has 5 heteroatoms. The zero-order valence-electron chi connectivity index (χ0n) is 10.1. The Morgan fingerprint density at radius 2 is 2.28 bits per heavy atom. The van der Waals surface area contributed by atoms with Crippen LogP contribution in [0.15, 0.2) is 18.5 Å². The fourth-order valence-corrected chi connectivity index (χ4v) is 1.75. The predicted molar refractivity (Wildman–Crippen MR) is 64.7 cm³/mol. The molecule has 0 spiro atoms. The van der Waals surface area contributed by atoms with Crippen LogP contribution >= 0.6 is 0 Å². The first-order valence-electron chi connectivity index (χ1n) is 6.04. The first-order chi connectivity index (χ1) is 8.70. The summed E-state index contributed by atoms with van der Waals surface area (Å²) in [4.78, 5) is 23.3. The Bertz CT molecular complexity index is 495. The van der Waals surface area contributed by atoms with E-state index < -0.39 is 0 Å². The van der Waals surface area contributed by atoms with Crippen molar-refractivity contribution in [3.8, 4) is 6.07 Å². The van der Waals surface area contributed by atoms with Crippen LogP contribution in [0.25, 0.3) is 0 Å². The van der Waals surface area contributed by atoms with E-state index in [1.807, 2.05) is 6.07 Å². The number of aromatic nitrogens is 1. The lowest BCUT2D eigenvalue weighted by atomic mass is 10.1. The van der Waals surface area contributed by atoms with Crippen LogP contribution in [0, 0.1) is 17.2 Å². The molecular formula is C13H15N3O2. The molecule has 1 aromatic rings. The Morgan fingerprint density at radius 1 is 1.50 bits per heavy atom. The van der Waals surface area contributed by atoms with Gasteiger partial charge in [-0.3, -0.25) is 9.59 Å². The van der Waals surface area contributed by atoms with Crippen molar-refractivity contribution in [3.63, 3.8) is 0 Å². The van der Waals surface area contributed by atoms with E-state index in [0.29, 0.717) is 18.5 Å². The lowest BCUT2D eigenvalue weighted by molar-refractivity contribution is -0.121. The Kier molecular flexibility index (Phi) is 3.78. The van der Waals surface area contributed by atoms with Gasteiger partial charge in [0.1, 0.15) is 6.54 Å². The maximum Gasteiger partial charge on any atom is 0.239 e. The number of ketones is 1. The number of Topliss-reactive ketones (excluding diaryl/α,β-unsaturated/α-hetero) is 1. The Morgan fingerprint density at radius 3 is 2.94 bits per heavy atom. The van der Waals surface area contributed by atoms with Gasteiger partial charge >= 0.3 is 0 Å². The van der Waals surface area contributed by atoms with Crippen molar-refractivity contribution in [1.82, 2.24) is 9.88 Å². The molecule has 0 aromatic carbocycles. The molecule has 94 valence electrons. The van der Waals surface area contributed by atoms with Gasteiger partial charge in [-0.2, -0.15) is 5.26 Å². The summed E-state index contributed by atoms with van der Waals surface area (Å²) >= 11 is 0. The summed E-state index contributed by atoms with van der Waals surface area (Å²) in [6, 6.07) is 3.71. The monoisotopic (exact) mass is 245 g/mol. The highest BCUT2D eigenvalue weighted by molar-refractivity contribution is 5.99. The molecule has 1 aliphatic carbocycles. The minimum absolute atomic E-state index is 0.147. The van der Waals surface area contributed by atoms with Crippen LogP contribution in [0.2, 0.25) is 0 Å². The lowest BCUT2D eigenvalue weighted by Gasteiger charge is -2.03. The molecule has 2 rings (SSSR count). The van der Waals surface area contributed by atoms with Gasteiger partial charge in [0, 0.05) is 30.4 Å². The summed E-state index contributed by atoms with van der Waals surface area (Å²) < 4.78 is 1.69. The summed E-state index contributed by atoms with van der Waals surface area (Å²) in [5.74, 6) is 0.232. The smallest absolute Gasteiger partial charge is 0.239 e. The first kappa shape index (κ1) is 12.4. The number of carbonyl (C=O) groups excluding carboxylic acids is 2. The molecule has 1 amide bonds. The molecule has 0 radical (unpaired) electrons. The van der Waals surface area contributed by atoms with E-state index in [0.717, 1.165) is 12.8 Å². The highest BCUT2D eigenvalue weighted by Gasteiger charge is 2.30. The maximum atomic E-state index is 11.8. The molecule has 1 heterocycles. The SMILES string of the molecule is N#CCCNC(=O)Cn1ccc(C(=O)C2CC2)c1. The maximum absolute atomic E-state index is 11.8. The zero-order valence-corrected chi connectivity index (χ0v) is 10.1. The normalized spacial score (nSPS) is 13.9. The molecule has 0 unspecified atom stereocenters. The highest BCUT2D eigenvalue weighted by Crippen LogP contribution is 2.32. The summed E-state index contributed by atoms with van der Waals surface area (Å²) in [6.45, 7) is 0.549. The van der Waals surface area contributed by atoms with Crippen molar-refractivity contribution < 1.29 is 9.59 Å². The number of rotatable bonds is 6. The fraction of sp³-hybridized carbons (Fsp3) is 0.462. The predicted octanol–water partition coefficient (Wildman–Crippen LogP) is 1.11. The number of hydrogen-bond donors (Lipinski definition) is 1. The largest absolute Gasteiger partial charge is 0.354 e. The second-order valence-corrected chi connectivity index (χ2v) is 4.47. The molecule has 0 aliphatic heterocycles. The van der Waals surface area contributed by atoms with Gasteiger partial charge in [0.25, 0.3) is 0 Å². The molecule has 18 heavy (non-hydrogen) atoms. The van der Waals surface area contributed by atoms with Crippen molar-refractivity contribution in [2.75, 3.05) is 6.54 Å². The Hall–Kier alpha value is -2.09. The van der Waals surface area contributed by atoms with Gasteiger partial charge in [-0.05, 0) is 18.9 Å². The fourth-order valence-electron chi connectivity index (χ4n) is 1.75. The zero-order chi connectivity index (χ0) is 13.0. The van der Waals surface area contributed by atoms with E-state index in [2.05, 4.69) is 5.32 Å². The molecule has 1 aromatic heterocycles. The van der Waals surface area contributed by atoms with Crippen LogP contribution in [0.5, 0.6) is 0 Å². The van der Waals surface area contributed by atoms with E-state index in [1.54, 1.807) is 23.0 Å². The molecule has 5 nitrogen and oxygen atoms in total. The van der Waals surface area contributed by atoms with Gasteiger partial charge in [0.15, 0.2) is 5.78 Å². The number of carbonyl (C=O) groups is 2. The second kappa shape index (κ2) is 5.50. The average molecular weight is 245 g/mol. The third-order valence-corrected chi connectivity index (χ3v) is 2.87. The van der Waals surface area contributed by atoms with E-state index in [9.17, 15) is 9.59 Å². The molecule has 1 N–H and O–H groups in total. The summed E-state index contributed by atoms with van der Waals surface area (Å²) in [7, 11) is 0. The van der Waals surface area contributed by atoms with Crippen molar-refractivity contribution in [1.29, 1.82) is 5.26 Å². The number of nitriles is 1. The topological polar surface area (TPSA) is 74.9 Å². The lowest BCUT2D eigenvalue weighted by Crippen LogP contribution is -2.27. The van der Waals surface area contributed by atoms with Crippen molar-refractivity contribution in [2.24, 2.45) is 5.92 Å². The third-order valence-electron chi connectivity index (χ3n) is 2.87. The van der Waals surface area contributed by atoms with Crippen LogP contribution in [0.3, 0.4) is 0 Å². The molecule has 0 atom stereocenters. The summed E-state index contributed by atoms with van der Waals surface area (Å²) in [5, 5.41) is 11.0. The molecule has 1 aliphatic rings. The van der Waals surface area contributed by atoms with Gasteiger partial charge < -0.3 is 9.88 Å². The number of nitrogens with one attached hydrogen (secondary N) is 1. The third kappa shape index (κ3) is 3.20. The molecule has 0 bridgehead atoms. The van der Waals surface area contributed by atoms with Gasteiger partial charge in [-0.15, -0.1) is 0 Å². The van der Waals surface area contributed by atoms with Crippen molar-refractivity contribution in [3.05, 3.63) is 24.0 Å². The van der Waals surface area contributed by atoms with Crippen LogP contribution in [-0.4, -0.2) is 22.8 Å². The van der Waals surface area contributed by atoms with Crippen molar-refractivity contribution in [2.45, 2.75) is 25.8 Å². The average Bonchev–Trinajstić information content (AvgIpc) is 3.10. The van der Waals surface area contributed by atoms with Crippen LogP contribution < -0.4 is 5.32 Å². The summed E-state index contributed by atoms with van der Waals surface area (Å²) in [5.41, 5.74) is 0.683. The molecule has 1 fully saturated rings. The second-order valence-electron chi connectivity index (χ2n) is 4.47. The van der Waals surface area contributed by atoms with Gasteiger partial charge in [-0.25, -0.2) is 0 Å². The molecular weight excluding hydrogens is 230 g/mol. The Labute approximate surface area is 105 Å². The number of amides is 1. The molecule has 0 saturated heterocycles. The minimum Gasteiger partial charge on any atom is -0.354 e. The first-order valence-corrected chi connectivity index (χ1v) is 6.04. The van der Waals surface area contributed by atoms with Gasteiger partial charge in [0.2, 0.25) is 5.91 Å². The van der Waals surface area contributed by atoms with Crippen LogP contribution in [0.1, 0.15) is 29.6 Å². The van der Waals surface area contributed by atoms with Crippen molar-refractivity contribution >= 4 is 11.7 Å². The highest BCUT2D eigenvalue weighted by atomic mass is 16.2. The van der Waals surface area contributed by atoms with Crippen LogP contribution in [0.4, 0.5) is 0 Å². The van der Waals surface area contributed by atoms with Crippen LogP contribution in [-0.2, 0) is 11.3 Å². The summed E-state index contributed by atoms with van der Waals surface area (Å²) in [6.07, 6.45) is 5.73. The van der Waals surface area contributed by atoms with E-state index in [-0.39, 0.29) is 24.2 Å². The number of hydrogen-bond acceptors (Lipinski definition) is 3. The van der Waals surface area contributed by atoms with E-state index in [4.69, 9.17) is 5.26 Å². The van der Waals surface area contributed by atoms with Gasteiger partial charge in [-0.1, -0.05) is 0 Å². The van der Waals surface area contributed by atoms with E-state index in [1.165, 1.54) is 0 Å².